The predicted octanol–water partition coefficient (Wildman–Crippen LogP) is 3.90. The summed E-state index contributed by atoms with van der Waals surface area (Å²) in [4.78, 5) is 36.2. The standard InChI is InChI=1S/C28H32ClF4N7O3/c1-16-11-40(12-18(28(16,32)33)6-7-39-14-27(30,31)15-39)26-35-10-20(29)24(37-26)36-19-4-5-21-17(8-19)9-22(25(42)38(21)3)43-13-23(41)34-2/h4-5,8-10,16,18H,6-7,11-15H2,1-3H3,(H,34,41)(H,35,36,37)/t16-,18+/m0/s1. The first-order valence-corrected chi connectivity index (χ1v) is 14.1. The summed E-state index contributed by atoms with van der Waals surface area (Å²) in [7, 11) is 3.05. The Morgan fingerprint density at radius 1 is 1.19 bits per heavy atom. The van der Waals surface area contributed by atoms with Crippen LogP contribution in [-0.4, -0.2) is 83.6 Å². The van der Waals surface area contributed by atoms with Crippen LogP contribution in [0.4, 0.5) is 35.0 Å². The zero-order valence-electron chi connectivity index (χ0n) is 23.8. The smallest absolute Gasteiger partial charge is 0.293 e. The second kappa shape index (κ2) is 11.8. The van der Waals surface area contributed by atoms with Crippen molar-refractivity contribution in [1.29, 1.82) is 0 Å². The van der Waals surface area contributed by atoms with Crippen molar-refractivity contribution >= 4 is 45.9 Å². The number of benzene rings is 1. The van der Waals surface area contributed by atoms with Gasteiger partial charge in [0, 0.05) is 50.1 Å². The van der Waals surface area contributed by atoms with Crippen molar-refractivity contribution in [2.75, 3.05) is 56.6 Å². The lowest BCUT2D eigenvalue weighted by Crippen LogP contribution is -2.58. The van der Waals surface area contributed by atoms with Crippen LogP contribution in [0.15, 0.2) is 35.3 Å². The quantitative estimate of drug-likeness (QED) is 0.345. The summed E-state index contributed by atoms with van der Waals surface area (Å²) in [5, 5.41) is 6.40. The van der Waals surface area contributed by atoms with Gasteiger partial charge in [-0.2, -0.15) is 4.98 Å². The number of aromatic nitrogens is 3. The van der Waals surface area contributed by atoms with Gasteiger partial charge in [0.1, 0.15) is 5.02 Å². The summed E-state index contributed by atoms with van der Waals surface area (Å²) in [6, 6.07) is 6.74. The van der Waals surface area contributed by atoms with Gasteiger partial charge in [0.25, 0.3) is 23.3 Å². The third-order valence-corrected chi connectivity index (χ3v) is 8.22. The number of aryl methyl sites for hydroxylation is 1. The van der Waals surface area contributed by atoms with Crippen LogP contribution < -0.4 is 25.8 Å². The maximum Gasteiger partial charge on any atom is 0.293 e. The van der Waals surface area contributed by atoms with Crippen LogP contribution in [0.2, 0.25) is 5.02 Å². The fourth-order valence-electron chi connectivity index (χ4n) is 5.45. The SMILES string of the molecule is CNC(=O)COc1cc2cc(Nc3nc(N4C[C@@H](CCN5CC(F)(F)C5)C(F)(F)[C@@H](C)C4)ncc3Cl)ccc2n(C)c1=O. The van der Waals surface area contributed by atoms with E-state index >= 15 is 8.78 Å². The average Bonchev–Trinajstić information content (AvgIpc) is 2.94. The summed E-state index contributed by atoms with van der Waals surface area (Å²) in [5.74, 6) is -7.71. The number of nitrogens with one attached hydrogen (secondary N) is 2. The molecular weight excluding hydrogens is 594 g/mol. The second-order valence-corrected chi connectivity index (χ2v) is 11.5. The molecule has 0 saturated carbocycles. The number of likely N-dealkylation sites (tertiary alicyclic amines) is 1. The number of fused-ring (bicyclic) bond motifs is 1. The molecule has 0 radical (unpaired) electrons. The first kappa shape index (κ1) is 30.8. The molecule has 2 fully saturated rings. The van der Waals surface area contributed by atoms with Crippen molar-refractivity contribution in [3.63, 3.8) is 0 Å². The first-order chi connectivity index (χ1) is 20.3. The minimum atomic E-state index is -2.97. The highest BCUT2D eigenvalue weighted by molar-refractivity contribution is 6.32. The molecule has 0 unspecified atom stereocenters. The minimum absolute atomic E-state index is 0.00602. The van der Waals surface area contributed by atoms with Crippen molar-refractivity contribution < 1.29 is 27.1 Å². The fourth-order valence-corrected chi connectivity index (χ4v) is 5.59. The van der Waals surface area contributed by atoms with Gasteiger partial charge in [-0.05, 0) is 37.2 Å². The van der Waals surface area contributed by atoms with Crippen LogP contribution in [0, 0.1) is 11.8 Å². The number of piperidine rings is 1. The van der Waals surface area contributed by atoms with Gasteiger partial charge in [-0.1, -0.05) is 18.5 Å². The highest BCUT2D eigenvalue weighted by Crippen LogP contribution is 2.41. The average molecular weight is 626 g/mol. The second-order valence-electron chi connectivity index (χ2n) is 11.1. The van der Waals surface area contributed by atoms with Crippen molar-refractivity contribution in [1.82, 2.24) is 24.8 Å². The topological polar surface area (TPSA) is 105 Å². The lowest BCUT2D eigenvalue weighted by Gasteiger charge is -2.44. The zero-order valence-corrected chi connectivity index (χ0v) is 24.6. The van der Waals surface area contributed by atoms with Crippen LogP contribution in [0.25, 0.3) is 10.9 Å². The van der Waals surface area contributed by atoms with E-state index in [0.29, 0.717) is 16.6 Å². The van der Waals surface area contributed by atoms with Gasteiger partial charge in [-0.25, -0.2) is 22.5 Å². The van der Waals surface area contributed by atoms with Crippen molar-refractivity contribution in [3.05, 3.63) is 45.8 Å². The van der Waals surface area contributed by atoms with E-state index in [1.165, 1.54) is 35.7 Å². The van der Waals surface area contributed by atoms with Crippen molar-refractivity contribution in [2.24, 2.45) is 18.9 Å². The van der Waals surface area contributed by atoms with Gasteiger partial charge < -0.3 is 24.8 Å². The molecule has 4 heterocycles. The maximum atomic E-state index is 15.1. The summed E-state index contributed by atoms with van der Waals surface area (Å²) >= 11 is 6.40. The van der Waals surface area contributed by atoms with Crippen molar-refractivity contribution in [3.8, 4) is 5.75 Å². The van der Waals surface area contributed by atoms with E-state index < -0.39 is 42.3 Å². The van der Waals surface area contributed by atoms with Crippen molar-refractivity contribution in [2.45, 2.75) is 25.2 Å². The lowest BCUT2D eigenvalue weighted by atomic mass is 9.83. The number of anilines is 3. The molecule has 5 rings (SSSR count). The molecule has 10 nitrogen and oxygen atoms in total. The highest BCUT2D eigenvalue weighted by atomic mass is 35.5. The third-order valence-electron chi connectivity index (χ3n) is 7.95. The molecule has 2 aliphatic heterocycles. The number of amides is 1. The van der Waals surface area contributed by atoms with E-state index in [4.69, 9.17) is 16.3 Å². The molecule has 0 bridgehead atoms. The number of likely N-dealkylation sites (N-methyl/N-ethyl adjacent to an activating group) is 1. The van der Waals surface area contributed by atoms with Gasteiger partial charge in [0.2, 0.25) is 5.95 Å². The Bertz CT molecular complexity index is 1580. The van der Waals surface area contributed by atoms with Crippen LogP contribution in [-0.2, 0) is 11.8 Å². The van der Waals surface area contributed by atoms with Crippen LogP contribution in [0.1, 0.15) is 13.3 Å². The van der Waals surface area contributed by atoms with Gasteiger partial charge in [-0.3, -0.25) is 14.5 Å². The highest BCUT2D eigenvalue weighted by Gasteiger charge is 2.51. The number of nitrogens with zero attached hydrogens (tertiary/aromatic N) is 5. The molecule has 0 aliphatic carbocycles. The molecule has 2 saturated heterocycles. The number of carbonyl (C=O) groups is 1. The van der Waals surface area contributed by atoms with E-state index in [0.717, 1.165) is 0 Å². The number of ether oxygens (including phenoxy) is 1. The van der Waals surface area contributed by atoms with Crippen LogP contribution >= 0.6 is 11.6 Å². The Labute approximate surface area is 250 Å². The molecule has 2 atom stereocenters. The molecule has 2 aliphatic rings. The molecule has 2 N–H and O–H groups in total. The largest absolute Gasteiger partial charge is 0.478 e. The minimum Gasteiger partial charge on any atom is -0.478 e. The van der Waals surface area contributed by atoms with E-state index in [-0.39, 0.29) is 61.1 Å². The summed E-state index contributed by atoms with van der Waals surface area (Å²) in [6.45, 7) is 0.466. The van der Waals surface area contributed by atoms with Gasteiger partial charge in [0.05, 0.1) is 24.8 Å². The molecule has 3 aromatic rings. The molecule has 2 aromatic heterocycles. The Morgan fingerprint density at radius 2 is 1.93 bits per heavy atom. The monoisotopic (exact) mass is 625 g/mol. The Morgan fingerprint density at radius 3 is 2.63 bits per heavy atom. The van der Waals surface area contributed by atoms with E-state index in [1.54, 1.807) is 30.1 Å². The number of hydrogen-bond donors (Lipinski definition) is 2. The molecule has 1 aromatic carbocycles. The fraction of sp³-hybridized carbons (Fsp3) is 0.500. The van der Waals surface area contributed by atoms with E-state index in [2.05, 4.69) is 20.6 Å². The zero-order chi connectivity index (χ0) is 31.1. The normalized spacial score (nSPS) is 21.3. The van der Waals surface area contributed by atoms with E-state index in [1.807, 2.05) is 0 Å². The molecule has 15 heteroatoms. The summed E-state index contributed by atoms with van der Waals surface area (Å²) in [5.41, 5.74) is 0.786. The van der Waals surface area contributed by atoms with E-state index in [9.17, 15) is 18.4 Å². The Balaban J connectivity index is 1.34. The van der Waals surface area contributed by atoms with Crippen LogP contribution in [0.3, 0.4) is 0 Å². The Hall–Kier alpha value is -3.65. The van der Waals surface area contributed by atoms with Gasteiger partial charge in [-0.15, -0.1) is 0 Å². The number of alkyl halides is 4. The molecular formula is C28H32ClF4N7O3. The molecule has 232 valence electrons. The third kappa shape index (κ3) is 6.49. The van der Waals surface area contributed by atoms with Gasteiger partial charge >= 0.3 is 0 Å². The number of hydrogen-bond acceptors (Lipinski definition) is 8. The summed E-state index contributed by atoms with van der Waals surface area (Å²) in [6.07, 6.45) is 1.45. The van der Waals surface area contributed by atoms with Gasteiger partial charge in [0.15, 0.2) is 18.2 Å². The lowest BCUT2D eigenvalue weighted by molar-refractivity contribution is -0.143. The molecule has 43 heavy (non-hydrogen) atoms. The summed E-state index contributed by atoms with van der Waals surface area (Å²) < 4.78 is 63.5. The van der Waals surface area contributed by atoms with Crippen LogP contribution in [0.5, 0.6) is 5.75 Å². The first-order valence-electron chi connectivity index (χ1n) is 13.8. The number of rotatable bonds is 9. The molecule has 1 amide bonds. The maximum absolute atomic E-state index is 15.1. The molecule has 0 spiro atoms. The number of carbonyl (C=O) groups excluding carboxylic acids is 1. The predicted molar refractivity (Wildman–Crippen MR) is 155 cm³/mol. The Kier molecular flexibility index (Phi) is 8.45. The number of halogens is 5. The number of pyridine rings is 1.